The van der Waals surface area contributed by atoms with Crippen LogP contribution in [0.25, 0.3) is 0 Å². The second-order valence-corrected chi connectivity index (χ2v) is 4.37. The number of nitrogens with zero attached hydrogens (tertiary/aromatic N) is 1. The maximum Gasteiger partial charge on any atom is 0.320 e. The lowest BCUT2D eigenvalue weighted by molar-refractivity contribution is -0.142. The molecule has 1 aliphatic heterocycles. The molecular formula is C10H17NO2. The summed E-state index contributed by atoms with van der Waals surface area (Å²) in [6, 6.07) is 0.336. The molecule has 2 rings (SSSR count). The standard InChI is InChI=1S/C10H17NO2/c1-11-8-5-3-2-4-7(8)6-9(11)10(12)13/h7-9H,2-6H2,1H3,(H,12,13)/t7-,8+,9-/m0/s1. The number of likely N-dealkylation sites (tertiary alicyclic amines) is 1. The van der Waals surface area contributed by atoms with Gasteiger partial charge in [0.2, 0.25) is 0 Å². The topological polar surface area (TPSA) is 40.5 Å². The molecule has 3 heteroatoms. The second kappa shape index (κ2) is 3.29. The number of aliphatic carboxylic acids is 1. The average molecular weight is 183 g/mol. The van der Waals surface area contributed by atoms with E-state index in [1.54, 1.807) is 0 Å². The monoisotopic (exact) mass is 183 g/mol. The molecule has 0 spiro atoms. The summed E-state index contributed by atoms with van der Waals surface area (Å²) in [5, 5.41) is 8.99. The summed E-state index contributed by atoms with van der Waals surface area (Å²) >= 11 is 0. The van der Waals surface area contributed by atoms with Gasteiger partial charge in [-0.3, -0.25) is 9.69 Å². The van der Waals surface area contributed by atoms with E-state index in [1.165, 1.54) is 25.7 Å². The minimum Gasteiger partial charge on any atom is -0.480 e. The number of likely N-dealkylation sites (N-methyl/N-ethyl adjacent to an activating group) is 1. The Morgan fingerprint density at radius 1 is 1.38 bits per heavy atom. The van der Waals surface area contributed by atoms with Crippen LogP contribution in [0.5, 0.6) is 0 Å². The highest BCUT2D eigenvalue weighted by Gasteiger charge is 2.42. The summed E-state index contributed by atoms with van der Waals surface area (Å²) in [6.07, 6.45) is 5.87. The molecule has 3 nitrogen and oxygen atoms in total. The maximum absolute atomic E-state index is 10.9. The summed E-state index contributed by atoms with van der Waals surface area (Å²) in [7, 11) is 1.97. The third-order valence-electron chi connectivity index (χ3n) is 3.69. The minimum absolute atomic E-state index is 0.215. The van der Waals surface area contributed by atoms with Crippen molar-refractivity contribution in [1.82, 2.24) is 4.90 Å². The fraction of sp³-hybridized carbons (Fsp3) is 0.900. The molecular weight excluding hydrogens is 166 g/mol. The molecule has 1 saturated heterocycles. The Hall–Kier alpha value is -0.570. The lowest BCUT2D eigenvalue weighted by Crippen LogP contribution is -2.38. The first-order valence-electron chi connectivity index (χ1n) is 5.15. The van der Waals surface area contributed by atoms with Crippen molar-refractivity contribution >= 4 is 5.97 Å². The van der Waals surface area contributed by atoms with E-state index in [1.807, 2.05) is 7.05 Å². The zero-order valence-corrected chi connectivity index (χ0v) is 8.07. The van der Waals surface area contributed by atoms with Crippen LogP contribution < -0.4 is 0 Å². The van der Waals surface area contributed by atoms with Crippen LogP contribution in [0.15, 0.2) is 0 Å². The summed E-state index contributed by atoms with van der Waals surface area (Å²) < 4.78 is 0. The molecule has 1 N–H and O–H groups in total. The van der Waals surface area contributed by atoms with E-state index < -0.39 is 5.97 Å². The molecule has 0 amide bonds. The van der Waals surface area contributed by atoms with Crippen molar-refractivity contribution in [2.75, 3.05) is 7.05 Å². The molecule has 0 unspecified atom stereocenters. The zero-order valence-electron chi connectivity index (χ0n) is 8.07. The number of carboxylic acids is 1. The van der Waals surface area contributed by atoms with Crippen molar-refractivity contribution in [3.8, 4) is 0 Å². The highest BCUT2D eigenvalue weighted by atomic mass is 16.4. The smallest absolute Gasteiger partial charge is 0.320 e. The van der Waals surface area contributed by atoms with Gasteiger partial charge >= 0.3 is 5.97 Å². The van der Waals surface area contributed by atoms with Crippen LogP contribution in [0.2, 0.25) is 0 Å². The van der Waals surface area contributed by atoms with E-state index in [2.05, 4.69) is 4.90 Å². The third-order valence-corrected chi connectivity index (χ3v) is 3.69. The molecule has 2 fully saturated rings. The quantitative estimate of drug-likeness (QED) is 0.666. The van der Waals surface area contributed by atoms with Crippen LogP contribution in [0, 0.1) is 5.92 Å². The van der Waals surface area contributed by atoms with E-state index in [0.29, 0.717) is 12.0 Å². The number of carbonyl (C=O) groups is 1. The van der Waals surface area contributed by atoms with Crippen molar-refractivity contribution in [2.45, 2.75) is 44.2 Å². The zero-order chi connectivity index (χ0) is 9.42. The highest BCUT2D eigenvalue weighted by Crippen LogP contribution is 2.38. The van der Waals surface area contributed by atoms with Crippen molar-refractivity contribution in [3.63, 3.8) is 0 Å². The molecule has 0 aromatic heterocycles. The van der Waals surface area contributed by atoms with Gasteiger partial charge in [-0.1, -0.05) is 12.8 Å². The van der Waals surface area contributed by atoms with Gasteiger partial charge in [-0.05, 0) is 32.2 Å². The maximum atomic E-state index is 10.9. The fourth-order valence-corrected chi connectivity index (χ4v) is 2.96. The summed E-state index contributed by atoms with van der Waals surface area (Å²) in [4.78, 5) is 13.0. The molecule has 0 radical (unpaired) electrons. The summed E-state index contributed by atoms with van der Waals surface area (Å²) in [5.74, 6) is 0.0109. The molecule has 0 bridgehead atoms. The van der Waals surface area contributed by atoms with Gasteiger partial charge in [-0.15, -0.1) is 0 Å². The van der Waals surface area contributed by atoms with Crippen molar-refractivity contribution < 1.29 is 9.90 Å². The van der Waals surface area contributed by atoms with Gasteiger partial charge in [0, 0.05) is 6.04 Å². The predicted octanol–water partition coefficient (Wildman–Crippen LogP) is 1.33. The SMILES string of the molecule is CN1[C@@H]2CCCC[C@H]2C[C@H]1C(=O)O. The molecule has 13 heavy (non-hydrogen) atoms. The van der Waals surface area contributed by atoms with Gasteiger partial charge in [0.05, 0.1) is 0 Å². The average Bonchev–Trinajstić information content (AvgIpc) is 2.45. The van der Waals surface area contributed by atoms with Crippen LogP contribution >= 0.6 is 0 Å². The predicted molar refractivity (Wildman–Crippen MR) is 49.5 cm³/mol. The Balaban J connectivity index is 2.09. The number of carboxylic acid groups (broad SMARTS) is 1. The first-order valence-corrected chi connectivity index (χ1v) is 5.15. The highest BCUT2D eigenvalue weighted by molar-refractivity contribution is 5.74. The third kappa shape index (κ3) is 1.46. The number of rotatable bonds is 1. The molecule has 3 atom stereocenters. The number of fused-ring (bicyclic) bond motifs is 1. The number of hydrogen-bond donors (Lipinski definition) is 1. The minimum atomic E-state index is -0.642. The largest absolute Gasteiger partial charge is 0.480 e. The van der Waals surface area contributed by atoms with Crippen LogP contribution in [0.1, 0.15) is 32.1 Å². The summed E-state index contributed by atoms with van der Waals surface area (Å²) in [5.41, 5.74) is 0. The van der Waals surface area contributed by atoms with E-state index in [0.717, 1.165) is 6.42 Å². The second-order valence-electron chi connectivity index (χ2n) is 4.37. The van der Waals surface area contributed by atoms with Gasteiger partial charge in [0.15, 0.2) is 0 Å². The van der Waals surface area contributed by atoms with Gasteiger partial charge < -0.3 is 5.11 Å². The molecule has 1 aliphatic carbocycles. The Labute approximate surface area is 78.7 Å². The Morgan fingerprint density at radius 3 is 2.69 bits per heavy atom. The lowest BCUT2D eigenvalue weighted by atomic mass is 9.85. The van der Waals surface area contributed by atoms with E-state index >= 15 is 0 Å². The van der Waals surface area contributed by atoms with Crippen LogP contribution in [0.4, 0.5) is 0 Å². The first kappa shape index (κ1) is 9.00. The Kier molecular flexibility index (Phi) is 2.28. The fourth-order valence-electron chi connectivity index (χ4n) is 2.96. The normalized spacial score (nSPS) is 40.2. The van der Waals surface area contributed by atoms with E-state index in [4.69, 9.17) is 5.11 Å². The number of hydrogen-bond acceptors (Lipinski definition) is 2. The van der Waals surface area contributed by atoms with Crippen molar-refractivity contribution in [3.05, 3.63) is 0 Å². The first-order chi connectivity index (χ1) is 6.20. The molecule has 1 heterocycles. The van der Waals surface area contributed by atoms with E-state index in [9.17, 15) is 4.79 Å². The van der Waals surface area contributed by atoms with Crippen molar-refractivity contribution in [2.24, 2.45) is 5.92 Å². The lowest BCUT2D eigenvalue weighted by Gasteiger charge is -2.29. The van der Waals surface area contributed by atoms with Crippen LogP contribution in [-0.4, -0.2) is 35.1 Å². The molecule has 0 aromatic carbocycles. The molecule has 74 valence electrons. The van der Waals surface area contributed by atoms with Gasteiger partial charge in [0.1, 0.15) is 6.04 Å². The van der Waals surface area contributed by atoms with Gasteiger partial charge in [-0.2, -0.15) is 0 Å². The molecule has 0 aromatic rings. The van der Waals surface area contributed by atoms with E-state index in [-0.39, 0.29) is 6.04 Å². The van der Waals surface area contributed by atoms with Crippen molar-refractivity contribution in [1.29, 1.82) is 0 Å². The van der Waals surface area contributed by atoms with Crippen LogP contribution in [0.3, 0.4) is 0 Å². The Morgan fingerprint density at radius 2 is 2.08 bits per heavy atom. The van der Waals surface area contributed by atoms with Gasteiger partial charge in [-0.25, -0.2) is 0 Å². The molecule has 1 saturated carbocycles. The molecule has 2 aliphatic rings. The van der Waals surface area contributed by atoms with Gasteiger partial charge in [0.25, 0.3) is 0 Å². The summed E-state index contributed by atoms with van der Waals surface area (Å²) in [6.45, 7) is 0. The Bertz CT molecular complexity index is 217. The van der Waals surface area contributed by atoms with Crippen LogP contribution in [-0.2, 0) is 4.79 Å².